The van der Waals surface area contributed by atoms with Gasteiger partial charge in [0.15, 0.2) is 0 Å². The molecule has 1 N–H and O–H groups in total. The molecule has 2 amide bonds. The molecule has 0 saturated carbocycles. The molecule has 1 saturated heterocycles. The predicted octanol–water partition coefficient (Wildman–Crippen LogP) is 3.91. The summed E-state index contributed by atoms with van der Waals surface area (Å²) in [5.74, 6) is 0.549. The first kappa shape index (κ1) is 19.2. The minimum atomic E-state index is -0.236. The minimum absolute atomic E-state index is 0.223. The van der Waals surface area contributed by atoms with Gasteiger partial charge in [-0.25, -0.2) is 0 Å². The fourth-order valence-corrected chi connectivity index (χ4v) is 3.56. The third kappa shape index (κ3) is 5.21. The molecular weight excluding hydrogens is 360 g/mol. The van der Waals surface area contributed by atoms with Gasteiger partial charge >= 0.3 is 0 Å². The van der Waals surface area contributed by atoms with E-state index in [1.54, 1.807) is 6.08 Å². The largest absolute Gasteiger partial charge is 0.494 e. The van der Waals surface area contributed by atoms with Crippen LogP contribution in [0.5, 0.6) is 5.75 Å². The zero-order valence-corrected chi connectivity index (χ0v) is 16.0. The number of hydrogen-bond donors (Lipinski definition) is 1. The van der Waals surface area contributed by atoms with E-state index < -0.39 is 0 Å². The highest BCUT2D eigenvalue weighted by molar-refractivity contribution is 8.18. The zero-order valence-electron chi connectivity index (χ0n) is 15.2. The van der Waals surface area contributed by atoms with Crippen molar-refractivity contribution in [2.75, 3.05) is 19.7 Å². The monoisotopic (exact) mass is 382 g/mol. The van der Waals surface area contributed by atoms with Crippen LogP contribution in [0.2, 0.25) is 0 Å². The molecule has 5 nitrogen and oxygen atoms in total. The van der Waals surface area contributed by atoms with Gasteiger partial charge in [-0.2, -0.15) is 0 Å². The van der Waals surface area contributed by atoms with Gasteiger partial charge in [-0.05, 0) is 48.0 Å². The van der Waals surface area contributed by atoms with E-state index in [4.69, 9.17) is 4.74 Å². The van der Waals surface area contributed by atoms with E-state index in [1.165, 1.54) is 10.5 Å². The molecule has 0 bridgehead atoms. The average molecular weight is 382 g/mol. The first-order valence-electron chi connectivity index (χ1n) is 8.90. The normalized spacial score (nSPS) is 15.6. The second kappa shape index (κ2) is 9.39. The molecule has 6 heteroatoms. The Kier molecular flexibility index (Phi) is 6.68. The molecule has 0 unspecified atom stereocenters. The fourth-order valence-electron chi connectivity index (χ4n) is 2.69. The summed E-state index contributed by atoms with van der Waals surface area (Å²) >= 11 is 0.985. The molecule has 1 heterocycles. The van der Waals surface area contributed by atoms with Crippen LogP contribution in [0.1, 0.15) is 18.1 Å². The lowest BCUT2D eigenvalue weighted by atomic mass is 10.2. The minimum Gasteiger partial charge on any atom is -0.494 e. The van der Waals surface area contributed by atoms with Crippen LogP contribution in [0, 0.1) is 0 Å². The van der Waals surface area contributed by atoms with Crippen molar-refractivity contribution >= 4 is 29.0 Å². The molecule has 2 aromatic rings. The number of nitrogens with zero attached hydrogens (tertiary/aromatic N) is 1. The number of hydrogen-bond acceptors (Lipinski definition) is 5. The van der Waals surface area contributed by atoms with E-state index in [9.17, 15) is 9.59 Å². The molecular formula is C21H22N2O3S. The van der Waals surface area contributed by atoms with Gasteiger partial charge in [0, 0.05) is 19.6 Å². The smallest absolute Gasteiger partial charge is 0.293 e. The highest BCUT2D eigenvalue weighted by Gasteiger charge is 2.34. The standard InChI is InChI=1S/C21H22N2O3S/c1-2-26-18-10-8-16(9-11-18)14-19-20(24)23(21(25)27-19)13-12-22-15-17-6-4-3-5-7-17/h3-11,14,22H,2,12-13,15H2,1H3. The Labute approximate surface area is 163 Å². The summed E-state index contributed by atoms with van der Waals surface area (Å²) in [4.78, 5) is 26.4. The Morgan fingerprint density at radius 2 is 1.81 bits per heavy atom. The Morgan fingerprint density at radius 3 is 2.52 bits per heavy atom. The van der Waals surface area contributed by atoms with Crippen LogP contribution < -0.4 is 10.1 Å². The molecule has 3 rings (SSSR count). The van der Waals surface area contributed by atoms with Gasteiger partial charge in [-0.15, -0.1) is 0 Å². The van der Waals surface area contributed by atoms with Gasteiger partial charge < -0.3 is 10.1 Å². The van der Waals surface area contributed by atoms with Gasteiger partial charge in [0.2, 0.25) is 0 Å². The molecule has 0 aliphatic carbocycles. The number of thioether (sulfide) groups is 1. The topological polar surface area (TPSA) is 58.6 Å². The lowest BCUT2D eigenvalue weighted by Crippen LogP contribution is -2.35. The lowest BCUT2D eigenvalue weighted by Gasteiger charge is -2.13. The Bertz CT molecular complexity index is 819. The summed E-state index contributed by atoms with van der Waals surface area (Å²) in [7, 11) is 0. The number of benzene rings is 2. The van der Waals surface area contributed by atoms with E-state index >= 15 is 0 Å². The van der Waals surface area contributed by atoms with Crippen LogP contribution in [0.25, 0.3) is 6.08 Å². The van der Waals surface area contributed by atoms with Gasteiger partial charge in [0.1, 0.15) is 5.75 Å². The average Bonchev–Trinajstić information content (AvgIpc) is 2.95. The molecule has 1 aliphatic rings. The Hall–Kier alpha value is -2.57. The molecule has 140 valence electrons. The van der Waals surface area contributed by atoms with E-state index in [2.05, 4.69) is 5.32 Å². The fraction of sp³-hybridized carbons (Fsp3) is 0.238. The van der Waals surface area contributed by atoms with Crippen LogP contribution in [0.15, 0.2) is 59.5 Å². The SMILES string of the molecule is CCOc1ccc(C=C2SC(=O)N(CCNCc3ccccc3)C2=O)cc1. The maximum atomic E-state index is 12.5. The molecule has 0 aromatic heterocycles. The Balaban J connectivity index is 1.54. The van der Waals surface area contributed by atoms with Gasteiger partial charge in [-0.1, -0.05) is 42.5 Å². The van der Waals surface area contributed by atoms with Gasteiger partial charge in [-0.3, -0.25) is 14.5 Å². The summed E-state index contributed by atoms with van der Waals surface area (Å²) < 4.78 is 5.41. The van der Waals surface area contributed by atoms with Crippen LogP contribution >= 0.6 is 11.8 Å². The zero-order chi connectivity index (χ0) is 19.1. The summed E-state index contributed by atoms with van der Waals surface area (Å²) in [5.41, 5.74) is 2.04. The first-order chi connectivity index (χ1) is 13.2. The number of carbonyl (C=O) groups excluding carboxylic acids is 2. The number of carbonyl (C=O) groups is 2. The molecule has 27 heavy (non-hydrogen) atoms. The quantitative estimate of drug-likeness (QED) is 0.554. The maximum Gasteiger partial charge on any atom is 0.293 e. The molecule has 1 fully saturated rings. The number of imide groups is 1. The molecule has 0 atom stereocenters. The number of rotatable bonds is 8. The molecule has 0 radical (unpaired) electrons. The van der Waals surface area contributed by atoms with Crippen molar-refractivity contribution in [3.05, 3.63) is 70.6 Å². The first-order valence-corrected chi connectivity index (χ1v) is 9.72. The summed E-state index contributed by atoms with van der Waals surface area (Å²) in [6.45, 7) is 4.16. The van der Waals surface area contributed by atoms with Crippen molar-refractivity contribution in [3.8, 4) is 5.75 Å². The van der Waals surface area contributed by atoms with Crippen LogP contribution in [0.3, 0.4) is 0 Å². The van der Waals surface area contributed by atoms with Crippen LogP contribution in [0.4, 0.5) is 4.79 Å². The predicted molar refractivity (Wildman–Crippen MR) is 108 cm³/mol. The van der Waals surface area contributed by atoms with Gasteiger partial charge in [0.25, 0.3) is 11.1 Å². The van der Waals surface area contributed by atoms with Crippen molar-refractivity contribution in [1.82, 2.24) is 10.2 Å². The van der Waals surface area contributed by atoms with Crippen molar-refractivity contribution in [2.45, 2.75) is 13.5 Å². The maximum absolute atomic E-state index is 12.5. The third-order valence-electron chi connectivity index (χ3n) is 4.05. The van der Waals surface area contributed by atoms with Crippen LogP contribution in [-0.4, -0.2) is 35.7 Å². The summed E-state index contributed by atoms with van der Waals surface area (Å²) in [6.07, 6.45) is 1.75. The van der Waals surface area contributed by atoms with E-state index in [0.717, 1.165) is 23.1 Å². The second-order valence-corrected chi connectivity index (χ2v) is 6.99. The molecule has 1 aliphatic heterocycles. The lowest BCUT2D eigenvalue weighted by molar-refractivity contribution is -0.122. The van der Waals surface area contributed by atoms with Crippen molar-refractivity contribution in [2.24, 2.45) is 0 Å². The number of amides is 2. The van der Waals surface area contributed by atoms with E-state index in [-0.39, 0.29) is 11.1 Å². The summed E-state index contributed by atoms with van der Waals surface area (Å²) in [6, 6.07) is 17.5. The van der Waals surface area contributed by atoms with E-state index in [0.29, 0.717) is 31.1 Å². The van der Waals surface area contributed by atoms with E-state index in [1.807, 2.05) is 61.5 Å². The van der Waals surface area contributed by atoms with Crippen molar-refractivity contribution < 1.29 is 14.3 Å². The van der Waals surface area contributed by atoms with Crippen LogP contribution in [-0.2, 0) is 11.3 Å². The number of nitrogens with one attached hydrogen (secondary N) is 1. The third-order valence-corrected chi connectivity index (χ3v) is 4.95. The van der Waals surface area contributed by atoms with Crippen molar-refractivity contribution in [3.63, 3.8) is 0 Å². The molecule has 2 aromatic carbocycles. The Morgan fingerprint density at radius 1 is 1.07 bits per heavy atom. The van der Waals surface area contributed by atoms with Crippen molar-refractivity contribution in [1.29, 1.82) is 0 Å². The molecule has 0 spiro atoms. The highest BCUT2D eigenvalue weighted by Crippen LogP contribution is 2.32. The second-order valence-electron chi connectivity index (χ2n) is 6.00. The summed E-state index contributed by atoms with van der Waals surface area (Å²) in [5, 5.41) is 3.04. The van der Waals surface area contributed by atoms with Gasteiger partial charge in [0.05, 0.1) is 11.5 Å². The number of ether oxygens (including phenoxy) is 1. The highest BCUT2D eigenvalue weighted by atomic mass is 32.2.